The SMILES string of the molecule is CC.CCC.CO.OC1CCCCOC1. The molecule has 0 bridgehead atoms. The number of rotatable bonds is 0. The van der Waals surface area contributed by atoms with Crippen LogP contribution in [0.4, 0.5) is 0 Å². The highest BCUT2D eigenvalue weighted by atomic mass is 16.5. The fourth-order valence-electron chi connectivity index (χ4n) is 0.887. The van der Waals surface area contributed by atoms with Gasteiger partial charge in [-0.25, -0.2) is 0 Å². The van der Waals surface area contributed by atoms with Crippen LogP contribution in [0.5, 0.6) is 0 Å². The molecule has 0 saturated carbocycles. The second kappa shape index (κ2) is 23.6. The van der Waals surface area contributed by atoms with Gasteiger partial charge < -0.3 is 14.9 Å². The topological polar surface area (TPSA) is 49.7 Å². The van der Waals surface area contributed by atoms with Gasteiger partial charge >= 0.3 is 0 Å². The molecular weight excluding hydrogens is 192 g/mol. The van der Waals surface area contributed by atoms with Crippen LogP contribution in [0.15, 0.2) is 0 Å². The fourth-order valence-corrected chi connectivity index (χ4v) is 0.887. The van der Waals surface area contributed by atoms with E-state index >= 15 is 0 Å². The third-order valence-electron chi connectivity index (χ3n) is 1.39. The van der Waals surface area contributed by atoms with Gasteiger partial charge in [0.2, 0.25) is 0 Å². The zero-order valence-electron chi connectivity index (χ0n) is 11.1. The van der Waals surface area contributed by atoms with Gasteiger partial charge in [-0.2, -0.15) is 0 Å². The van der Waals surface area contributed by atoms with Crippen molar-refractivity contribution in [1.82, 2.24) is 0 Å². The maximum atomic E-state index is 8.96. The molecule has 3 nitrogen and oxygen atoms in total. The molecule has 1 atom stereocenters. The van der Waals surface area contributed by atoms with Crippen LogP contribution in [-0.2, 0) is 4.74 Å². The molecule has 1 saturated heterocycles. The molecule has 1 aliphatic heterocycles. The summed E-state index contributed by atoms with van der Waals surface area (Å²) in [5, 5.41) is 16.0. The van der Waals surface area contributed by atoms with Crippen LogP contribution in [-0.4, -0.2) is 36.6 Å². The quantitative estimate of drug-likeness (QED) is 0.662. The molecule has 2 N–H and O–H groups in total. The van der Waals surface area contributed by atoms with Gasteiger partial charge in [0.15, 0.2) is 0 Å². The van der Waals surface area contributed by atoms with E-state index in [1.165, 1.54) is 6.42 Å². The molecule has 1 aliphatic rings. The third kappa shape index (κ3) is 24.8. The monoisotopic (exact) mass is 222 g/mol. The first-order valence-corrected chi connectivity index (χ1v) is 6.01. The Bertz CT molecular complexity index is 69.3. The number of aliphatic hydroxyl groups excluding tert-OH is 2. The Balaban J connectivity index is -0.000000176. The van der Waals surface area contributed by atoms with Crippen LogP contribution < -0.4 is 0 Å². The summed E-state index contributed by atoms with van der Waals surface area (Å²) < 4.78 is 5.06. The largest absolute Gasteiger partial charge is 0.400 e. The summed E-state index contributed by atoms with van der Waals surface area (Å²) in [6, 6.07) is 0. The number of hydrogen-bond donors (Lipinski definition) is 2. The average Bonchev–Trinajstić information content (AvgIpc) is 2.53. The van der Waals surface area contributed by atoms with Crippen LogP contribution in [0.1, 0.15) is 53.4 Å². The molecule has 0 amide bonds. The Kier molecular flexibility index (Phi) is 31.9. The van der Waals surface area contributed by atoms with E-state index in [1.54, 1.807) is 0 Å². The third-order valence-corrected chi connectivity index (χ3v) is 1.39. The highest BCUT2D eigenvalue weighted by molar-refractivity contribution is 4.57. The minimum Gasteiger partial charge on any atom is -0.400 e. The van der Waals surface area contributed by atoms with E-state index in [0.717, 1.165) is 33.0 Å². The fraction of sp³-hybridized carbons (Fsp3) is 1.00. The van der Waals surface area contributed by atoms with Crippen molar-refractivity contribution in [3.8, 4) is 0 Å². The Morgan fingerprint density at radius 2 is 1.60 bits per heavy atom. The summed E-state index contributed by atoms with van der Waals surface area (Å²) in [7, 11) is 1.00. The molecule has 96 valence electrons. The van der Waals surface area contributed by atoms with Crippen molar-refractivity contribution in [1.29, 1.82) is 0 Å². The van der Waals surface area contributed by atoms with Gasteiger partial charge in [0.25, 0.3) is 0 Å². The van der Waals surface area contributed by atoms with Gasteiger partial charge in [-0.1, -0.05) is 34.1 Å². The molecule has 1 heterocycles. The predicted octanol–water partition coefficient (Wildman–Crippen LogP) is 2.60. The van der Waals surface area contributed by atoms with E-state index in [-0.39, 0.29) is 6.10 Å². The summed E-state index contributed by atoms with van der Waals surface area (Å²) in [5.74, 6) is 0. The van der Waals surface area contributed by atoms with E-state index in [1.807, 2.05) is 13.8 Å². The zero-order chi connectivity index (χ0) is 12.5. The lowest BCUT2D eigenvalue weighted by molar-refractivity contribution is 0.0512. The van der Waals surface area contributed by atoms with Gasteiger partial charge in [-0.05, 0) is 19.3 Å². The van der Waals surface area contributed by atoms with Gasteiger partial charge in [0.1, 0.15) is 0 Å². The van der Waals surface area contributed by atoms with Crippen molar-refractivity contribution >= 4 is 0 Å². The minimum absolute atomic E-state index is 0.197. The predicted molar refractivity (Wildman–Crippen MR) is 66.1 cm³/mol. The normalized spacial score (nSPS) is 19.0. The lowest BCUT2D eigenvalue weighted by Gasteiger charge is -2.02. The molecule has 1 fully saturated rings. The standard InChI is InChI=1S/C6H12O2.C3H8.C2H6.CH4O/c7-6-3-1-2-4-8-5-6;1-3-2;2*1-2/h6-7H,1-5H2;3H2,1-2H3;1-2H3;2H,1H3. The molecule has 0 radical (unpaired) electrons. The molecule has 1 unspecified atom stereocenters. The molecule has 1 rings (SSSR count). The van der Waals surface area contributed by atoms with Crippen LogP contribution in [0, 0.1) is 0 Å². The first-order chi connectivity index (χ1) is 7.31. The summed E-state index contributed by atoms with van der Waals surface area (Å²) in [6.07, 6.45) is 4.19. The number of aliphatic hydroxyl groups is 2. The highest BCUT2D eigenvalue weighted by Crippen LogP contribution is 2.06. The van der Waals surface area contributed by atoms with Gasteiger partial charge in [0, 0.05) is 13.7 Å². The second-order valence-electron chi connectivity index (χ2n) is 2.93. The lowest BCUT2D eigenvalue weighted by Crippen LogP contribution is -2.11. The van der Waals surface area contributed by atoms with E-state index in [9.17, 15) is 0 Å². The van der Waals surface area contributed by atoms with Crippen LogP contribution in [0.2, 0.25) is 0 Å². The first kappa shape index (κ1) is 20.3. The number of hydrogen-bond acceptors (Lipinski definition) is 3. The smallest absolute Gasteiger partial charge is 0.0773 e. The van der Waals surface area contributed by atoms with Crippen LogP contribution >= 0.6 is 0 Å². The minimum atomic E-state index is -0.197. The molecule has 3 heteroatoms. The highest BCUT2D eigenvalue weighted by Gasteiger charge is 2.06. The Morgan fingerprint density at radius 3 is 2.07 bits per heavy atom. The molecule has 0 aromatic rings. The van der Waals surface area contributed by atoms with Crippen molar-refractivity contribution in [2.45, 2.75) is 59.5 Å². The van der Waals surface area contributed by atoms with Gasteiger partial charge in [-0.3, -0.25) is 0 Å². The summed E-state index contributed by atoms with van der Waals surface area (Å²) in [5.41, 5.74) is 0. The van der Waals surface area contributed by atoms with Crippen molar-refractivity contribution < 1.29 is 14.9 Å². The molecule has 0 aliphatic carbocycles. The number of ether oxygens (including phenoxy) is 1. The molecule has 0 aromatic heterocycles. The Labute approximate surface area is 95.5 Å². The maximum absolute atomic E-state index is 8.96. The average molecular weight is 222 g/mol. The zero-order valence-corrected chi connectivity index (χ0v) is 11.1. The Morgan fingerprint density at radius 1 is 1.13 bits per heavy atom. The van der Waals surface area contributed by atoms with Crippen molar-refractivity contribution in [3.05, 3.63) is 0 Å². The van der Waals surface area contributed by atoms with Gasteiger partial charge in [0.05, 0.1) is 12.7 Å². The summed E-state index contributed by atoms with van der Waals surface area (Å²) >= 11 is 0. The molecule has 0 aromatic carbocycles. The van der Waals surface area contributed by atoms with Crippen molar-refractivity contribution in [2.75, 3.05) is 20.3 Å². The van der Waals surface area contributed by atoms with Crippen molar-refractivity contribution in [2.24, 2.45) is 0 Å². The summed E-state index contributed by atoms with van der Waals surface area (Å²) in [4.78, 5) is 0. The van der Waals surface area contributed by atoms with E-state index in [0.29, 0.717) is 6.61 Å². The molecule has 15 heavy (non-hydrogen) atoms. The Hall–Kier alpha value is -0.120. The van der Waals surface area contributed by atoms with E-state index in [2.05, 4.69) is 13.8 Å². The lowest BCUT2D eigenvalue weighted by atomic mass is 10.2. The van der Waals surface area contributed by atoms with Crippen molar-refractivity contribution in [3.63, 3.8) is 0 Å². The van der Waals surface area contributed by atoms with Gasteiger partial charge in [-0.15, -0.1) is 0 Å². The van der Waals surface area contributed by atoms with Crippen LogP contribution in [0.25, 0.3) is 0 Å². The summed E-state index contributed by atoms with van der Waals surface area (Å²) in [6.45, 7) is 9.62. The van der Waals surface area contributed by atoms with E-state index in [4.69, 9.17) is 14.9 Å². The molecular formula is C12H30O3. The van der Waals surface area contributed by atoms with E-state index < -0.39 is 0 Å². The maximum Gasteiger partial charge on any atom is 0.0773 e. The van der Waals surface area contributed by atoms with Crippen LogP contribution in [0.3, 0.4) is 0 Å². The molecule has 0 spiro atoms. The second-order valence-corrected chi connectivity index (χ2v) is 2.93. The first-order valence-electron chi connectivity index (χ1n) is 6.01.